The Hall–Kier alpha value is -1.65. The van der Waals surface area contributed by atoms with Crippen LogP contribution in [0.2, 0.25) is 0 Å². The average molecular weight is 317 g/mol. The number of hydrogen-bond acceptors (Lipinski definition) is 4. The molecule has 0 saturated heterocycles. The van der Waals surface area contributed by atoms with Crippen molar-refractivity contribution in [2.45, 2.75) is 39.2 Å². The molecule has 1 aromatic carbocycles. The normalized spacial score (nSPS) is 12.3. The second-order valence-electron chi connectivity index (χ2n) is 5.46. The Bertz CT molecular complexity index is 621. The number of rotatable bonds is 8. The molecule has 0 fully saturated rings. The first-order valence-electron chi connectivity index (χ1n) is 7.70. The maximum Gasteiger partial charge on any atom is 0.169 e. The highest BCUT2D eigenvalue weighted by molar-refractivity contribution is 7.14. The van der Waals surface area contributed by atoms with Gasteiger partial charge in [0, 0.05) is 10.9 Å². The lowest BCUT2D eigenvalue weighted by atomic mass is 10.1. The van der Waals surface area contributed by atoms with Crippen molar-refractivity contribution in [2.75, 3.05) is 6.54 Å². The molecule has 0 saturated carbocycles. The van der Waals surface area contributed by atoms with Gasteiger partial charge in [-0.15, -0.1) is 11.3 Å². The average Bonchev–Trinajstić information content (AvgIpc) is 2.97. The number of para-hydroxylation sites is 1. The summed E-state index contributed by atoms with van der Waals surface area (Å²) in [5.41, 5.74) is 0.972. The molecule has 22 heavy (non-hydrogen) atoms. The molecule has 2 N–H and O–H groups in total. The number of carbonyl (C=O) groups is 1. The molecule has 1 unspecified atom stereocenters. The highest BCUT2D eigenvalue weighted by Gasteiger charge is 2.10. The summed E-state index contributed by atoms with van der Waals surface area (Å²) >= 11 is 1.59. The zero-order valence-corrected chi connectivity index (χ0v) is 14.0. The van der Waals surface area contributed by atoms with Gasteiger partial charge in [0.1, 0.15) is 5.75 Å². The minimum absolute atomic E-state index is 0.136. The van der Waals surface area contributed by atoms with Crippen LogP contribution in [0.1, 0.15) is 40.4 Å². The van der Waals surface area contributed by atoms with Crippen molar-refractivity contribution in [3.63, 3.8) is 0 Å². The fraction of sp³-hybridized carbons (Fsp3) is 0.389. The molecule has 4 heteroatoms. The van der Waals surface area contributed by atoms with Gasteiger partial charge < -0.3 is 10.4 Å². The van der Waals surface area contributed by atoms with E-state index in [1.54, 1.807) is 24.3 Å². The first-order valence-corrected chi connectivity index (χ1v) is 8.51. The standard InChI is InChI=1S/C18H23NO2S/c1-3-15(12-16-8-9-18(22-16)13(2)20)19-11-10-14-6-4-5-7-17(14)21/h4-9,15,19,21H,3,10-12H2,1-2H3. The Morgan fingerprint density at radius 1 is 1.27 bits per heavy atom. The maximum absolute atomic E-state index is 11.3. The highest BCUT2D eigenvalue weighted by Crippen LogP contribution is 2.19. The van der Waals surface area contributed by atoms with Crippen LogP contribution in [0.25, 0.3) is 0 Å². The smallest absolute Gasteiger partial charge is 0.169 e. The second kappa shape index (κ2) is 8.11. The molecule has 0 amide bonds. The summed E-state index contributed by atoms with van der Waals surface area (Å²) in [4.78, 5) is 13.4. The molecule has 0 aliphatic rings. The minimum atomic E-state index is 0.136. The summed E-state index contributed by atoms with van der Waals surface area (Å²) < 4.78 is 0. The van der Waals surface area contributed by atoms with Crippen molar-refractivity contribution in [3.05, 3.63) is 51.7 Å². The van der Waals surface area contributed by atoms with Gasteiger partial charge in [0.2, 0.25) is 0 Å². The van der Waals surface area contributed by atoms with Crippen molar-refractivity contribution >= 4 is 17.1 Å². The number of hydrogen-bond donors (Lipinski definition) is 2. The van der Waals surface area contributed by atoms with Gasteiger partial charge >= 0.3 is 0 Å². The minimum Gasteiger partial charge on any atom is -0.508 e. The largest absolute Gasteiger partial charge is 0.508 e. The number of Topliss-reactive ketones (excluding diaryl/α,β-unsaturated/α-hetero) is 1. The number of ketones is 1. The molecule has 1 heterocycles. The van der Waals surface area contributed by atoms with Gasteiger partial charge in [0.05, 0.1) is 4.88 Å². The Balaban J connectivity index is 1.84. The molecule has 0 bridgehead atoms. The molecular weight excluding hydrogens is 294 g/mol. The maximum atomic E-state index is 11.3. The summed E-state index contributed by atoms with van der Waals surface area (Å²) in [6, 6.07) is 11.8. The van der Waals surface area contributed by atoms with Crippen LogP contribution >= 0.6 is 11.3 Å². The number of nitrogens with one attached hydrogen (secondary N) is 1. The Kier molecular flexibility index (Phi) is 6.16. The van der Waals surface area contributed by atoms with E-state index in [4.69, 9.17) is 0 Å². The predicted molar refractivity (Wildman–Crippen MR) is 91.9 cm³/mol. The van der Waals surface area contributed by atoms with Crippen LogP contribution in [0.15, 0.2) is 36.4 Å². The third-order valence-corrected chi connectivity index (χ3v) is 4.98. The monoisotopic (exact) mass is 317 g/mol. The van der Waals surface area contributed by atoms with Crippen molar-refractivity contribution in [1.82, 2.24) is 5.32 Å². The van der Waals surface area contributed by atoms with E-state index >= 15 is 0 Å². The Morgan fingerprint density at radius 3 is 2.68 bits per heavy atom. The van der Waals surface area contributed by atoms with Crippen molar-refractivity contribution in [2.24, 2.45) is 0 Å². The van der Waals surface area contributed by atoms with Gasteiger partial charge in [0.15, 0.2) is 5.78 Å². The second-order valence-corrected chi connectivity index (χ2v) is 6.63. The molecule has 2 aromatic rings. The number of aromatic hydroxyl groups is 1. The fourth-order valence-corrected chi connectivity index (χ4v) is 3.40. The molecule has 3 nitrogen and oxygen atoms in total. The number of carbonyl (C=O) groups excluding carboxylic acids is 1. The van der Waals surface area contributed by atoms with Crippen molar-refractivity contribution in [1.29, 1.82) is 0 Å². The zero-order valence-electron chi connectivity index (χ0n) is 13.1. The molecule has 0 aliphatic carbocycles. The van der Waals surface area contributed by atoms with Gasteiger partial charge in [0.25, 0.3) is 0 Å². The van der Waals surface area contributed by atoms with E-state index in [9.17, 15) is 9.90 Å². The van der Waals surface area contributed by atoms with E-state index in [1.807, 2.05) is 24.3 Å². The molecule has 2 rings (SSSR count). The number of thiophene rings is 1. The quantitative estimate of drug-likeness (QED) is 0.728. The van der Waals surface area contributed by atoms with Crippen molar-refractivity contribution in [3.8, 4) is 5.75 Å². The molecule has 1 atom stereocenters. The molecule has 0 radical (unpaired) electrons. The summed E-state index contributed by atoms with van der Waals surface area (Å²) in [5.74, 6) is 0.499. The van der Waals surface area contributed by atoms with Gasteiger partial charge in [-0.3, -0.25) is 4.79 Å². The lowest BCUT2D eigenvalue weighted by Crippen LogP contribution is -2.32. The van der Waals surface area contributed by atoms with Crippen LogP contribution in [0.3, 0.4) is 0 Å². The van der Waals surface area contributed by atoms with Crippen LogP contribution in [-0.4, -0.2) is 23.5 Å². The van der Waals surface area contributed by atoms with E-state index in [0.29, 0.717) is 11.8 Å². The molecule has 118 valence electrons. The van der Waals surface area contributed by atoms with Crippen LogP contribution in [0.4, 0.5) is 0 Å². The summed E-state index contributed by atoms with van der Waals surface area (Å²) in [6.07, 6.45) is 2.79. The summed E-state index contributed by atoms with van der Waals surface area (Å²) in [6.45, 7) is 4.61. The van der Waals surface area contributed by atoms with Crippen LogP contribution < -0.4 is 5.32 Å². The van der Waals surface area contributed by atoms with E-state index < -0.39 is 0 Å². The van der Waals surface area contributed by atoms with Gasteiger partial charge in [-0.25, -0.2) is 0 Å². The van der Waals surface area contributed by atoms with Gasteiger partial charge in [-0.1, -0.05) is 25.1 Å². The fourth-order valence-electron chi connectivity index (χ4n) is 2.41. The zero-order chi connectivity index (χ0) is 15.9. The van der Waals surface area contributed by atoms with Crippen LogP contribution in [0.5, 0.6) is 5.75 Å². The third-order valence-electron chi connectivity index (χ3n) is 3.77. The van der Waals surface area contributed by atoms with Crippen LogP contribution in [0, 0.1) is 0 Å². The lowest BCUT2D eigenvalue weighted by Gasteiger charge is -2.16. The first kappa shape index (κ1) is 16.7. The van der Waals surface area contributed by atoms with Gasteiger partial charge in [-0.2, -0.15) is 0 Å². The number of phenols is 1. The highest BCUT2D eigenvalue weighted by atomic mass is 32.1. The first-order chi connectivity index (χ1) is 10.6. The Labute approximate surface area is 136 Å². The topological polar surface area (TPSA) is 49.3 Å². The number of benzene rings is 1. The molecule has 1 aromatic heterocycles. The lowest BCUT2D eigenvalue weighted by molar-refractivity contribution is 0.102. The van der Waals surface area contributed by atoms with E-state index in [0.717, 1.165) is 36.2 Å². The van der Waals surface area contributed by atoms with E-state index in [2.05, 4.69) is 18.3 Å². The molecule has 0 aliphatic heterocycles. The predicted octanol–water partition coefficient (Wildman–Crippen LogP) is 3.81. The van der Waals surface area contributed by atoms with Gasteiger partial charge in [-0.05, 0) is 56.5 Å². The third kappa shape index (κ3) is 4.68. The van der Waals surface area contributed by atoms with Crippen molar-refractivity contribution < 1.29 is 9.90 Å². The Morgan fingerprint density at radius 2 is 2.05 bits per heavy atom. The van der Waals surface area contributed by atoms with E-state index in [1.165, 1.54) is 4.88 Å². The molecule has 0 spiro atoms. The SMILES string of the molecule is CCC(Cc1ccc(C(C)=O)s1)NCCc1ccccc1O. The number of phenolic OH excluding ortho intramolecular Hbond substituents is 1. The summed E-state index contributed by atoms with van der Waals surface area (Å²) in [7, 11) is 0. The molecular formula is C18H23NO2S. The summed E-state index contributed by atoms with van der Waals surface area (Å²) in [5, 5.41) is 13.3. The van der Waals surface area contributed by atoms with E-state index in [-0.39, 0.29) is 5.78 Å². The van der Waals surface area contributed by atoms with Crippen LogP contribution in [-0.2, 0) is 12.8 Å².